The van der Waals surface area contributed by atoms with E-state index in [1.807, 2.05) is 60.7 Å². The molecule has 0 amide bonds. The van der Waals surface area contributed by atoms with E-state index >= 15 is 0 Å². The number of hydrogen-bond donors (Lipinski definition) is 1. The first kappa shape index (κ1) is 27.8. The van der Waals surface area contributed by atoms with Crippen molar-refractivity contribution in [1.82, 2.24) is 4.98 Å². The van der Waals surface area contributed by atoms with Crippen LogP contribution in [0.25, 0.3) is 22.4 Å². The maximum absolute atomic E-state index is 10.8. The van der Waals surface area contributed by atoms with Gasteiger partial charge in [-0.15, -0.1) is 23.5 Å². The highest BCUT2D eigenvalue weighted by Crippen LogP contribution is 2.35. The molecule has 0 spiro atoms. The lowest BCUT2D eigenvalue weighted by Gasteiger charge is -2.19. The summed E-state index contributed by atoms with van der Waals surface area (Å²) in [6.45, 7) is 6.60. The molecule has 0 saturated heterocycles. The molecule has 4 aromatic rings. The zero-order valence-corrected chi connectivity index (χ0v) is 23.8. The van der Waals surface area contributed by atoms with E-state index in [0.29, 0.717) is 22.1 Å². The average Bonchev–Trinajstić information content (AvgIpc) is 2.94. The first-order valence-corrected chi connectivity index (χ1v) is 14.4. The van der Waals surface area contributed by atoms with Gasteiger partial charge in [-0.05, 0) is 59.0 Å². The van der Waals surface area contributed by atoms with E-state index in [1.165, 1.54) is 17.3 Å². The van der Waals surface area contributed by atoms with Crippen molar-refractivity contribution in [3.05, 3.63) is 96.1 Å². The van der Waals surface area contributed by atoms with E-state index in [9.17, 15) is 10.4 Å². The molecular formula is C32H32N2O2S2. The number of aliphatic hydroxyl groups is 1. The molecule has 38 heavy (non-hydrogen) atoms. The summed E-state index contributed by atoms with van der Waals surface area (Å²) in [7, 11) is 1.64. The number of aliphatic hydroxyl groups excluding tert-OH is 1. The third-order valence-corrected chi connectivity index (χ3v) is 8.42. The maximum atomic E-state index is 10.8. The Kier molecular flexibility index (Phi) is 9.17. The van der Waals surface area contributed by atoms with Crippen LogP contribution < -0.4 is 4.74 Å². The van der Waals surface area contributed by atoms with Crippen molar-refractivity contribution < 1.29 is 9.84 Å². The molecule has 1 unspecified atom stereocenters. The predicted octanol–water partition coefficient (Wildman–Crippen LogP) is 7.84. The Morgan fingerprint density at radius 3 is 2.16 bits per heavy atom. The van der Waals surface area contributed by atoms with Crippen molar-refractivity contribution in [2.24, 2.45) is 0 Å². The van der Waals surface area contributed by atoms with Crippen molar-refractivity contribution in [3.63, 3.8) is 0 Å². The van der Waals surface area contributed by atoms with E-state index in [-0.39, 0.29) is 5.41 Å². The summed E-state index contributed by atoms with van der Waals surface area (Å²) < 4.78 is 5.30. The third-order valence-electron chi connectivity index (χ3n) is 6.14. The van der Waals surface area contributed by atoms with Gasteiger partial charge in [-0.3, -0.25) is 0 Å². The van der Waals surface area contributed by atoms with E-state index in [2.05, 4.69) is 51.1 Å². The minimum absolute atomic E-state index is 0.115. The second kappa shape index (κ2) is 12.5. The fraction of sp³-hybridized carbons (Fsp3) is 0.250. The SMILES string of the molecule is COc1ccc(-c2cc(-c3ccccc3)c(C#N)c(SCC(O)CSc3ccc(C(C)(C)C)cc3)n2)cc1. The lowest BCUT2D eigenvalue weighted by atomic mass is 9.87. The quantitative estimate of drug-likeness (QED) is 0.218. The number of pyridine rings is 1. The molecule has 0 aliphatic rings. The van der Waals surface area contributed by atoms with Crippen LogP contribution in [-0.4, -0.2) is 34.8 Å². The fourth-order valence-corrected chi connectivity index (χ4v) is 5.87. The topological polar surface area (TPSA) is 66.1 Å². The zero-order valence-electron chi connectivity index (χ0n) is 22.1. The molecule has 6 heteroatoms. The lowest BCUT2D eigenvalue weighted by Crippen LogP contribution is -2.13. The summed E-state index contributed by atoms with van der Waals surface area (Å²) in [6, 6.07) is 30.5. The molecule has 0 saturated carbocycles. The van der Waals surface area contributed by atoms with E-state index < -0.39 is 6.10 Å². The van der Waals surface area contributed by atoms with Gasteiger partial charge in [0.25, 0.3) is 0 Å². The Balaban J connectivity index is 1.54. The van der Waals surface area contributed by atoms with Crippen molar-refractivity contribution in [2.45, 2.75) is 42.2 Å². The summed E-state index contributed by atoms with van der Waals surface area (Å²) in [6.07, 6.45) is -0.551. The Labute approximate surface area is 234 Å². The van der Waals surface area contributed by atoms with Crippen LogP contribution in [0.2, 0.25) is 0 Å². The summed E-state index contributed by atoms with van der Waals surface area (Å²) in [4.78, 5) is 5.99. The van der Waals surface area contributed by atoms with Crippen molar-refractivity contribution in [1.29, 1.82) is 5.26 Å². The number of rotatable bonds is 9. The second-order valence-corrected chi connectivity index (χ2v) is 12.1. The maximum Gasteiger partial charge on any atom is 0.118 e. The number of benzene rings is 3. The molecule has 4 rings (SSSR count). The van der Waals surface area contributed by atoms with E-state index in [0.717, 1.165) is 33.0 Å². The summed E-state index contributed by atoms with van der Waals surface area (Å²) >= 11 is 3.06. The molecule has 1 N–H and O–H groups in total. The highest BCUT2D eigenvalue weighted by atomic mass is 32.2. The first-order chi connectivity index (χ1) is 18.3. The number of nitrogens with zero attached hydrogens (tertiary/aromatic N) is 2. The van der Waals surface area contributed by atoms with Gasteiger partial charge in [-0.1, -0.05) is 63.2 Å². The molecule has 4 nitrogen and oxygen atoms in total. The van der Waals surface area contributed by atoms with Crippen LogP contribution in [-0.2, 0) is 5.41 Å². The highest BCUT2D eigenvalue weighted by Gasteiger charge is 2.18. The van der Waals surface area contributed by atoms with Crippen molar-refractivity contribution in [3.8, 4) is 34.2 Å². The Morgan fingerprint density at radius 1 is 0.895 bits per heavy atom. The van der Waals surface area contributed by atoms with Gasteiger partial charge in [-0.25, -0.2) is 4.98 Å². The molecule has 0 radical (unpaired) electrons. The van der Waals surface area contributed by atoms with Gasteiger partial charge < -0.3 is 9.84 Å². The normalized spacial score (nSPS) is 12.1. The standard InChI is InChI=1S/C32H32N2O2S2/c1-32(2,3)24-12-16-27(17-13-24)37-20-25(35)21-38-31-29(19-33)28(22-8-6-5-7-9-22)18-30(34-31)23-10-14-26(36-4)15-11-23/h5-18,25,35H,20-21H2,1-4H3. The molecule has 0 fully saturated rings. The first-order valence-electron chi connectivity index (χ1n) is 12.5. The third kappa shape index (κ3) is 6.99. The number of nitriles is 1. The minimum atomic E-state index is -0.551. The van der Waals surface area contributed by atoms with Crippen molar-refractivity contribution >= 4 is 23.5 Å². The molecule has 1 aromatic heterocycles. The summed E-state index contributed by atoms with van der Waals surface area (Å²) in [5.74, 6) is 1.77. The number of methoxy groups -OCH3 is 1. The van der Waals surface area contributed by atoms with Gasteiger partial charge in [0.2, 0.25) is 0 Å². The van der Waals surface area contributed by atoms with Crippen LogP contribution in [0.4, 0.5) is 0 Å². The summed E-state index contributed by atoms with van der Waals surface area (Å²) in [5, 5.41) is 21.5. The number of thioether (sulfide) groups is 2. The van der Waals surface area contributed by atoms with Crippen LogP contribution >= 0.6 is 23.5 Å². The van der Waals surface area contributed by atoms with Gasteiger partial charge in [0.05, 0.1) is 24.5 Å². The lowest BCUT2D eigenvalue weighted by molar-refractivity contribution is 0.225. The number of aromatic nitrogens is 1. The zero-order chi connectivity index (χ0) is 27.1. The van der Waals surface area contributed by atoms with Crippen LogP contribution in [0.5, 0.6) is 5.75 Å². The average molecular weight is 541 g/mol. The smallest absolute Gasteiger partial charge is 0.118 e. The Morgan fingerprint density at radius 2 is 1.55 bits per heavy atom. The minimum Gasteiger partial charge on any atom is -0.497 e. The summed E-state index contributed by atoms with van der Waals surface area (Å²) in [5.41, 5.74) is 5.43. The van der Waals surface area contributed by atoms with Crippen molar-refractivity contribution in [2.75, 3.05) is 18.6 Å². The second-order valence-electron chi connectivity index (χ2n) is 9.99. The molecule has 0 aliphatic carbocycles. The Bertz CT molecular complexity index is 1390. The number of ether oxygens (including phenoxy) is 1. The van der Waals surface area contributed by atoms with Gasteiger partial charge in [0.15, 0.2) is 0 Å². The van der Waals surface area contributed by atoms with Crippen LogP contribution in [0.3, 0.4) is 0 Å². The largest absolute Gasteiger partial charge is 0.497 e. The highest BCUT2D eigenvalue weighted by molar-refractivity contribution is 8.00. The molecule has 3 aromatic carbocycles. The number of hydrogen-bond acceptors (Lipinski definition) is 6. The van der Waals surface area contributed by atoms with Gasteiger partial charge >= 0.3 is 0 Å². The molecular weight excluding hydrogens is 508 g/mol. The van der Waals surface area contributed by atoms with E-state index in [1.54, 1.807) is 18.9 Å². The fourth-order valence-electron chi connectivity index (χ4n) is 3.96. The van der Waals surface area contributed by atoms with Crippen LogP contribution in [0, 0.1) is 11.3 Å². The Hall–Kier alpha value is -3.24. The molecule has 1 atom stereocenters. The van der Waals surface area contributed by atoms with Crippen LogP contribution in [0.1, 0.15) is 31.9 Å². The predicted molar refractivity (Wildman–Crippen MR) is 159 cm³/mol. The molecule has 194 valence electrons. The van der Waals surface area contributed by atoms with Crippen LogP contribution in [0.15, 0.2) is 94.9 Å². The van der Waals surface area contributed by atoms with Gasteiger partial charge in [-0.2, -0.15) is 5.26 Å². The monoisotopic (exact) mass is 540 g/mol. The molecule has 0 aliphatic heterocycles. The molecule has 0 bridgehead atoms. The van der Waals surface area contributed by atoms with Gasteiger partial charge in [0.1, 0.15) is 16.8 Å². The van der Waals surface area contributed by atoms with Gasteiger partial charge in [0, 0.05) is 27.5 Å². The van der Waals surface area contributed by atoms with E-state index in [4.69, 9.17) is 9.72 Å². The molecule has 1 heterocycles.